The molecule has 1 rings (SSSR count). The molecule has 0 spiro atoms. The predicted octanol–water partition coefficient (Wildman–Crippen LogP) is 2.61. The topological polar surface area (TPSA) is 70.6 Å². The van der Waals surface area contributed by atoms with Gasteiger partial charge < -0.3 is 20.5 Å². The zero-order chi connectivity index (χ0) is 16.0. The molecule has 1 aromatic carbocycles. The lowest BCUT2D eigenvalue weighted by Gasteiger charge is -2.16. The maximum Gasteiger partial charge on any atom is 0.416 e. The minimum atomic E-state index is -4.52. The van der Waals surface area contributed by atoms with E-state index in [1.165, 1.54) is 0 Å². The number of aliphatic hydroxyl groups excluding tert-OH is 1. The standard InChI is InChI=1S/C13H17F3N2O3/c1-3-21-11-5-4-9(13(14,15)16)6-10(11)18-12(20)17-8(2)7-19/h4-6,8,19H,3,7H2,1-2H3,(H2,17,18,20)/t8-/m0/s1. The van der Waals surface area contributed by atoms with E-state index in [2.05, 4.69) is 10.6 Å². The predicted molar refractivity (Wildman–Crippen MR) is 71.3 cm³/mol. The molecule has 1 atom stereocenters. The van der Waals surface area contributed by atoms with Crippen LogP contribution in [-0.2, 0) is 6.18 Å². The lowest BCUT2D eigenvalue weighted by Crippen LogP contribution is -2.38. The van der Waals surface area contributed by atoms with Gasteiger partial charge >= 0.3 is 12.2 Å². The number of benzene rings is 1. The van der Waals surface area contributed by atoms with Crippen molar-refractivity contribution in [3.8, 4) is 5.75 Å². The highest BCUT2D eigenvalue weighted by Gasteiger charge is 2.31. The van der Waals surface area contributed by atoms with Crippen LogP contribution in [0.25, 0.3) is 0 Å². The van der Waals surface area contributed by atoms with Crippen molar-refractivity contribution in [1.82, 2.24) is 5.32 Å². The molecule has 0 bridgehead atoms. The maximum atomic E-state index is 12.7. The van der Waals surface area contributed by atoms with Crippen molar-refractivity contribution in [2.24, 2.45) is 0 Å². The van der Waals surface area contributed by atoms with E-state index in [0.717, 1.165) is 18.2 Å². The van der Waals surface area contributed by atoms with Crippen molar-refractivity contribution in [3.05, 3.63) is 23.8 Å². The van der Waals surface area contributed by atoms with Crippen molar-refractivity contribution >= 4 is 11.7 Å². The number of nitrogens with one attached hydrogen (secondary N) is 2. The molecule has 2 amide bonds. The van der Waals surface area contributed by atoms with Crippen molar-refractivity contribution in [3.63, 3.8) is 0 Å². The van der Waals surface area contributed by atoms with E-state index in [1.807, 2.05) is 0 Å². The van der Waals surface area contributed by atoms with Gasteiger partial charge in [0.15, 0.2) is 0 Å². The van der Waals surface area contributed by atoms with E-state index >= 15 is 0 Å². The number of hydrogen-bond acceptors (Lipinski definition) is 3. The van der Waals surface area contributed by atoms with E-state index in [4.69, 9.17) is 9.84 Å². The summed E-state index contributed by atoms with van der Waals surface area (Å²) in [5.41, 5.74) is -0.981. The lowest BCUT2D eigenvalue weighted by atomic mass is 10.2. The average Bonchev–Trinajstić information content (AvgIpc) is 2.39. The summed E-state index contributed by atoms with van der Waals surface area (Å²) in [5.74, 6) is 0.136. The molecule has 0 aliphatic heterocycles. The van der Waals surface area contributed by atoms with Crippen LogP contribution >= 0.6 is 0 Å². The summed E-state index contributed by atoms with van der Waals surface area (Å²) in [4.78, 5) is 11.6. The molecule has 5 nitrogen and oxygen atoms in total. The van der Waals surface area contributed by atoms with Crippen LogP contribution in [-0.4, -0.2) is 30.4 Å². The Morgan fingerprint density at radius 3 is 2.62 bits per heavy atom. The second kappa shape index (κ2) is 7.16. The number of carbonyl (C=O) groups is 1. The van der Waals surface area contributed by atoms with Crippen LogP contribution in [0.5, 0.6) is 5.75 Å². The molecule has 0 fully saturated rings. The van der Waals surface area contributed by atoms with E-state index in [9.17, 15) is 18.0 Å². The smallest absolute Gasteiger partial charge is 0.416 e. The molecule has 1 aromatic rings. The number of carbonyl (C=O) groups excluding carboxylic acids is 1. The molecule has 118 valence electrons. The number of anilines is 1. The molecular weight excluding hydrogens is 289 g/mol. The number of aliphatic hydroxyl groups is 1. The average molecular weight is 306 g/mol. The minimum absolute atomic E-state index is 0.0886. The van der Waals surface area contributed by atoms with Crippen LogP contribution in [0.15, 0.2) is 18.2 Å². The summed E-state index contributed by atoms with van der Waals surface area (Å²) in [6.07, 6.45) is -4.52. The third-order valence-electron chi connectivity index (χ3n) is 2.51. The molecule has 0 aliphatic carbocycles. The molecule has 0 unspecified atom stereocenters. The molecule has 8 heteroatoms. The fraction of sp³-hybridized carbons (Fsp3) is 0.462. The van der Waals surface area contributed by atoms with Crippen LogP contribution < -0.4 is 15.4 Å². The molecule has 0 saturated carbocycles. The van der Waals surface area contributed by atoms with Gasteiger partial charge in [-0.25, -0.2) is 4.79 Å². The summed E-state index contributed by atoms with van der Waals surface area (Å²) >= 11 is 0. The number of ether oxygens (including phenoxy) is 1. The highest BCUT2D eigenvalue weighted by atomic mass is 19.4. The van der Waals surface area contributed by atoms with Gasteiger partial charge in [-0.2, -0.15) is 13.2 Å². The van der Waals surface area contributed by atoms with Gasteiger partial charge in [0.1, 0.15) is 5.75 Å². The molecule has 3 N–H and O–H groups in total. The second-order valence-electron chi connectivity index (χ2n) is 4.32. The third-order valence-corrected chi connectivity index (χ3v) is 2.51. The molecular formula is C13H17F3N2O3. The molecule has 21 heavy (non-hydrogen) atoms. The number of halogens is 3. The first-order valence-corrected chi connectivity index (χ1v) is 6.30. The van der Waals surface area contributed by atoms with Crippen LogP contribution in [0.1, 0.15) is 19.4 Å². The zero-order valence-electron chi connectivity index (χ0n) is 11.6. The van der Waals surface area contributed by atoms with Gasteiger partial charge in [0.25, 0.3) is 0 Å². The fourth-order valence-corrected chi connectivity index (χ4v) is 1.51. The summed E-state index contributed by atoms with van der Waals surface area (Å²) in [5, 5.41) is 13.5. The van der Waals surface area contributed by atoms with Crippen molar-refractivity contribution in [2.75, 3.05) is 18.5 Å². The highest BCUT2D eigenvalue weighted by Crippen LogP contribution is 2.35. The quantitative estimate of drug-likeness (QED) is 0.783. The number of alkyl halides is 3. The zero-order valence-corrected chi connectivity index (χ0v) is 11.6. The minimum Gasteiger partial charge on any atom is -0.492 e. The number of hydrogen-bond donors (Lipinski definition) is 3. The fourth-order valence-electron chi connectivity index (χ4n) is 1.51. The molecule has 0 heterocycles. The number of rotatable bonds is 5. The van der Waals surface area contributed by atoms with Crippen LogP contribution in [0.4, 0.5) is 23.7 Å². The van der Waals surface area contributed by atoms with Gasteiger partial charge in [-0.3, -0.25) is 0 Å². The Morgan fingerprint density at radius 2 is 2.10 bits per heavy atom. The van der Waals surface area contributed by atoms with Gasteiger partial charge in [-0.05, 0) is 32.0 Å². The van der Waals surface area contributed by atoms with Crippen molar-refractivity contribution in [2.45, 2.75) is 26.1 Å². The Bertz CT molecular complexity index is 492. The Labute approximate surface area is 120 Å². The molecule has 0 aromatic heterocycles. The number of urea groups is 1. The van der Waals surface area contributed by atoms with E-state index in [-0.39, 0.29) is 24.7 Å². The summed E-state index contributed by atoms with van der Waals surface area (Å²) in [6.45, 7) is 3.19. The van der Waals surface area contributed by atoms with Crippen LogP contribution in [0, 0.1) is 0 Å². The molecule has 0 saturated heterocycles. The summed E-state index contributed by atoms with van der Waals surface area (Å²) in [6, 6.07) is 1.58. The summed E-state index contributed by atoms with van der Waals surface area (Å²) < 4.78 is 43.2. The van der Waals surface area contributed by atoms with Gasteiger partial charge in [-0.1, -0.05) is 0 Å². The maximum absolute atomic E-state index is 12.7. The normalized spacial score (nSPS) is 12.7. The Balaban J connectivity index is 2.98. The van der Waals surface area contributed by atoms with E-state index in [1.54, 1.807) is 13.8 Å². The SMILES string of the molecule is CCOc1ccc(C(F)(F)F)cc1NC(=O)N[C@@H](C)CO. The van der Waals surface area contributed by atoms with Crippen molar-refractivity contribution < 1.29 is 27.8 Å². The van der Waals surface area contributed by atoms with Crippen molar-refractivity contribution in [1.29, 1.82) is 0 Å². The third kappa shape index (κ3) is 5.14. The largest absolute Gasteiger partial charge is 0.492 e. The van der Waals surface area contributed by atoms with E-state index in [0.29, 0.717) is 0 Å². The van der Waals surface area contributed by atoms with Crippen LogP contribution in [0.2, 0.25) is 0 Å². The first-order valence-electron chi connectivity index (χ1n) is 6.30. The molecule has 0 aliphatic rings. The Kier molecular flexibility index (Phi) is 5.83. The van der Waals surface area contributed by atoms with Gasteiger partial charge in [0.05, 0.1) is 30.5 Å². The van der Waals surface area contributed by atoms with Gasteiger partial charge in [-0.15, -0.1) is 0 Å². The van der Waals surface area contributed by atoms with Gasteiger partial charge in [0, 0.05) is 0 Å². The van der Waals surface area contributed by atoms with Gasteiger partial charge in [0.2, 0.25) is 0 Å². The first-order chi connectivity index (χ1) is 9.77. The van der Waals surface area contributed by atoms with Crippen LogP contribution in [0.3, 0.4) is 0 Å². The Morgan fingerprint density at radius 1 is 1.43 bits per heavy atom. The molecule has 0 radical (unpaired) electrons. The summed E-state index contributed by atoms with van der Waals surface area (Å²) in [7, 11) is 0. The lowest BCUT2D eigenvalue weighted by molar-refractivity contribution is -0.137. The first kappa shape index (κ1) is 17.1. The van der Waals surface area contributed by atoms with E-state index < -0.39 is 23.8 Å². The monoisotopic (exact) mass is 306 g/mol. The second-order valence-corrected chi connectivity index (χ2v) is 4.32. The highest BCUT2D eigenvalue weighted by molar-refractivity contribution is 5.91. The Hall–Kier alpha value is -1.96. The number of amides is 2.